The third kappa shape index (κ3) is 3.28. The number of hydrogen-bond donors (Lipinski definition) is 2. The van der Waals surface area contributed by atoms with E-state index in [9.17, 15) is 10.2 Å². The van der Waals surface area contributed by atoms with E-state index in [4.69, 9.17) is 0 Å². The molecule has 2 rings (SSSR count). The van der Waals surface area contributed by atoms with Crippen LogP contribution in [0.15, 0.2) is 34.2 Å². The molecule has 1 heterocycles. The minimum atomic E-state index is -0.600. The molecule has 0 saturated carbocycles. The Labute approximate surface area is 131 Å². The molecular weight excluding hydrogens is 338 g/mol. The maximum atomic E-state index is 9.81. The van der Waals surface area contributed by atoms with E-state index >= 15 is 0 Å². The molecule has 108 valence electrons. The van der Waals surface area contributed by atoms with Gasteiger partial charge in [-0.1, -0.05) is 28.1 Å². The lowest BCUT2D eigenvalue weighted by Gasteiger charge is -2.30. The molecule has 5 heteroatoms. The van der Waals surface area contributed by atoms with Gasteiger partial charge in [-0.05, 0) is 37.5 Å². The van der Waals surface area contributed by atoms with Crippen LogP contribution in [0.2, 0.25) is 0 Å². The maximum Gasteiger partial charge on any atom is 0.0797 e. The number of hydrogen-bond acceptors (Lipinski definition) is 4. The molecule has 0 aliphatic rings. The van der Waals surface area contributed by atoms with Crippen molar-refractivity contribution in [3.8, 4) is 0 Å². The summed E-state index contributed by atoms with van der Waals surface area (Å²) < 4.78 is 0.990. The molecule has 0 amide bonds. The average Bonchev–Trinajstić information content (AvgIpc) is 2.88. The van der Waals surface area contributed by atoms with Crippen molar-refractivity contribution in [3.05, 3.63) is 50.4 Å². The van der Waals surface area contributed by atoms with Gasteiger partial charge in [-0.25, -0.2) is 4.98 Å². The summed E-state index contributed by atoms with van der Waals surface area (Å²) in [7, 11) is 0. The van der Waals surface area contributed by atoms with Crippen LogP contribution in [0.25, 0.3) is 0 Å². The van der Waals surface area contributed by atoms with Gasteiger partial charge in [0.05, 0.1) is 24.4 Å². The van der Waals surface area contributed by atoms with Gasteiger partial charge in [0.2, 0.25) is 0 Å². The molecule has 1 aromatic carbocycles. The number of aliphatic hydroxyl groups is 2. The van der Waals surface area contributed by atoms with Crippen molar-refractivity contribution in [2.24, 2.45) is 0 Å². The van der Waals surface area contributed by atoms with E-state index in [1.807, 2.05) is 36.7 Å². The van der Waals surface area contributed by atoms with Gasteiger partial charge in [0, 0.05) is 14.8 Å². The number of halogens is 1. The van der Waals surface area contributed by atoms with E-state index in [0.29, 0.717) is 6.42 Å². The first kappa shape index (κ1) is 15.6. The molecule has 0 bridgehead atoms. The molecule has 2 N–H and O–H groups in total. The van der Waals surface area contributed by atoms with Crippen LogP contribution in [0.3, 0.4) is 0 Å². The Morgan fingerprint density at radius 2 is 1.85 bits per heavy atom. The van der Waals surface area contributed by atoms with Crippen LogP contribution >= 0.6 is 27.3 Å². The smallest absolute Gasteiger partial charge is 0.0797 e. The Morgan fingerprint density at radius 3 is 2.35 bits per heavy atom. The molecule has 20 heavy (non-hydrogen) atoms. The van der Waals surface area contributed by atoms with Crippen LogP contribution in [0.5, 0.6) is 0 Å². The first-order valence-electron chi connectivity index (χ1n) is 6.48. The summed E-state index contributed by atoms with van der Waals surface area (Å²) in [5.74, 6) is 0. The lowest BCUT2D eigenvalue weighted by molar-refractivity contribution is 0.110. The molecule has 0 aliphatic heterocycles. The largest absolute Gasteiger partial charge is 0.395 e. The standard InChI is InChI=1S/C15H18BrNO2S/c1-11-14(20-10-17-11)6-7-15(8-18,9-19)12-2-4-13(16)5-3-12/h2-5,10,18-19H,6-9H2,1H3. The summed E-state index contributed by atoms with van der Waals surface area (Å²) in [5, 5.41) is 19.6. The number of thiazole rings is 1. The Kier molecular flexibility index (Phi) is 5.32. The SMILES string of the molecule is Cc1ncsc1CCC(CO)(CO)c1ccc(Br)cc1. The third-order valence-corrected chi connectivity index (χ3v) is 5.26. The minimum absolute atomic E-state index is 0.0665. The molecule has 0 radical (unpaired) electrons. The van der Waals surface area contributed by atoms with Gasteiger partial charge in [0.1, 0.15) is 0 Å². The fraction of sp³-hybridized carbons (Fsp3) is 0.400. The highest BCUT2D eigenvalue weighted by Gasteiger charge is 2.31. The number of aryl methyl sites for hydroxylation is 2. The van der Waals surface area contributed by atoms with Gasteiger partial charge in [0.25, 0.3) is 0 Å². The molecule has 0 spiro atoms. The topological polar surface area (TPSA) is 53.4 Å². The van der Waals surface area contributed by atoms with Crippen molar-refractivity contribution in [3.63, 3.8) is 0 Å². The molecule has 2 aromatic rings. The van der Waals surface area contributed by atoms with E-state index in [2.05, 4.69) is 20.9 Å². The van der Waals surface area contributed by atoms with Crippen molar-refractivity contribution in [1.29, 1.82) is 0 Å². The number of aromatic nitrogens is 1. The monoisotopic (exact) mass is 355 g/mol. The Balaban J connectivity index is 2.21. The van der Waals surface area contributed by atoms with Gasteiger partial charge < -0.3 is 10.2 Å². The second-order valence-corrected chi connectivity index (χ2v) is 6.82. The van der Waals surface area contributed by atoms with E-state index in [-0.39, 0.29) is 13.2 Å². The van der Waals surface area contributed by atoms with Crippen LogP contribution in [-0.4, -0.2) is 28.4 Å². The summed E-state index contributed by atoms with van der Waals surface area (Å²) in [6, 6.07) is 7.78. The molecule has 0 atom stereocenters. The van der Waals surface area contributed by atoms with Crippen LogP contribution in [0, 0.1) is 6.92 Å². The van der Waals surface area contributed by atoms with Crippen molar-refractivity contribution in [2.75, 3.05) is 13.2 Å². The summed E-state index contributed by atoms with van der Waals surface area (Å²) in [6.45, 7) is 1.86. The van der Waals surface area contributed by atoms with Crippen LogP contribution < -0.4 is 0 Å². The molecule has 0 fully saturated rings. The Hall–Kier alpha value is -0.750. The molecule has 0 unspecified atom stereocenters. The number of aliphatic hydroxyl groups excluding tert-OH is 2. The predicted octanol–water partition coefficient (Wildman–Crippen LogP) is 3.07. The van der Waals surface area contributed by atoms with Gasteiger partial charge in [-0.15, -0.1) is 11.3 Å². The molecule has 1 aromatic heterocycles. The maximum absolute atomic E-state index is 9.81. The van der Waals surface area contributed by atoms with Crippen LogP contribution in [-0.2, 0) is 11.8 Å². The van der Waals surface area contributed by atoms with Crippen molar-refractivity contribution < 1.29 is 10.2 Å². The summed E-state index contributed by atoms with van der Waals surface area (Å²) in [4.78, 5) is 5.46. The second-order valence-electron chi connectivity index (χ2n) is 4.96. The van der Waals surface area contributed by atoms with Gasteiger partial charge in [-0.2, -0.15) is 0 Å². The highest BCUT2D eigenvalue weighted by molar-refractivity contribution is 9.10. The van der Waals surface area contributed by atoms with E-state index in [0.717, 1.165) is 22.2 Å². The summed E-state index contributed by atoms with van der Waals surface area (Å²) in [5.41, 5.74) is 3.24. The summed E-state index contributed by atoms with van der Waals surface area (Å²) >= 11 is 5.03. The highest BCUT2D eigenvalue weighted by Crippen LogP contribution is 2.31. The molecule has 3 nitrogen and oxygen atoms in total. The average molecular weight is 356 g/mol. The zero-order valence-corrected chi connectivity index (χ0v) is 13.7. The zero-order valence-electron chi connectivity index (χ0n) is 11.3. The van der Waals surface area contributed by atoms with Crippen molar-refractivity contribution >= 4 is 27.3 Å². The zero-order chi connectivity index (χ0) is 14.6. The molecular formula is C15H18BrNO2S. The Bertz CT molecular complexity index is 549. The van der Waals surface area contributed by atoms with Crippen molar-refractivity contribution in [1.82, 2.24) is 4.98 Å². The van der Waals surface area contributed by atoms with E-state index in [1.54, 1.807) is 11.3 Å². The fourth-order valence-corrected chi connectivity index (χ4v) is 3.30. The second kappa shape index (κ2) is 6.80. The molecule has 0 saturated heterocycles. The quantitative estimate of drug-likeness (QED) is 0.837. The van der Waals surface area contributed by atoms with Gasteiger partial charge in [0.15, 0.2) is 0 Å². The fourth-order valence-electron chi connectivity index (χ4n) is 2.26. The van der Waals surface area contributed by atoms with Crippen LogP contribution in [0.4, 0.5) is 0 Å². The lowest BCUT2D eigenvalue weighted by Crippen LogP contribution is -2.35. The third-order valence-electron chi connectivity index (χ3n) is 3.74. The normalized spacial score (nSPS) is 11.8. The number of rotatable bonds is 6. The van der Waals surface area contributed by atoms with Crippen LogP contribution in [0.1, 0.15) is 22.6 Å². The molecule has 0 aliphatic carbocycles. The highest BCUT2D eigenvalue weighted by atomic mass is 79.9. The first-order chi connectivity index (χ1) is 9.61. The van der Waals surface area contributed by atoms with Gasteiger partial charge in [-0.3, -0.25) is 0 Å². The Morgan fingerprint density at radius 1 is 1.20 bits per heavy atom. The summed E-state index contributed by atoms with van der Waals surface area (Å²) in [6.07, 6.45) is 1.51. The minimum Gasteiger partial charge on any atom is -0.395 e. The first-order valence-corrected chi connectivity index (χ1v) is 8.15. The lowest BCUT2D eigenvalue weighted by atomic mass is 9.78. The van der Waals surface area contributed by atoms with E-state index in [1.165, 1.54) is 4.88 Å². The number of nitrogens with zero attached hydrogens (tertiary/aromatic N) is 1. The number of benzene rings is 1. The van der Waals surface area contributed by atoms with E-state index < -0.39 is 5.41 Å². The van der Waals surface area contributed by atoms with Crippen molar-refractivity contribution in [2.45, 2.75) is 25.2 Å². The predicted molar refractivity (Wildman–Crippen MR) is 85.2 cm³/mol. The van der Waals surface area contributed by atoms with Gasteiger partial charge >= 0.3 is 0 Å².